The summed E-state index contributed by atoms with van der Waals surface area (Å²) in [6.45, 7) is 5.82. The van der Waals surface area contributed by atoms with Gasteiger partial charge in [-0.25, -0.2) is 9.97 Å². The predicted molar refractivity (Wildman–Crippen MR) is 119 cm³/mol. The third kappa shape index (κ3) is 4.35. The van der Waals surface area contributed by atoms with Gasteiger partial charge in [0.15, 0.2) is 0 Å². The molecule has 156 valence electrons. The molecular weight excluding hydrogens is 360 g/mol. The lowest BCUT2D eigenvalue weighted by atomic mass is 9.80. The summed E-state index contributed by atoms with van der Waals surface area (Å²) in [5.41, 5.74) is 2.31. The lowest BCUT2D eigenvalue weighted by Gasteiger charge is -2.36. The largest absolute Gasteiger partial charge is 0.378 e. The second-order valence-electron chi connectivity index (χ2n) is 9.19. The fourth-order valence-electron chi connectivity index (χ4n) is 5.65. The van der Waals surface area contributed by atoms with Gasteiger partial charge in [-0.3, -0.25) is 0 Å². The summed E-state index contributed by atoms with van der Waals surface area (Å²) in [5, 5.41) is 1.20. The van der Waals surface area contributed by atoms with E-state index >= 15 is 0 Å². The van der Waals surface area contributed by atoms with Gasteiger partial charge >= 0.3 is 0 Å². The lowest BCUT2D eigenvalue weighted by molar-refractivity contribution is 0.122. The molecule has 3 fully saturated rings. The van der Waals surface area contributed by atoms with Crippen LogP contribution in [0.3, 0.4) is 0 Å². The van der Waals surface area contributed by atoms with E-state index < -0.39 is 0 Å². The standard InChI is InChI=1S/C24H34N4O/c1-2-5-19(6-3-1)15-20-7-4-10-28(17-20)24-22-9-8-21(16-23(22)25-18-26-24)27-11-13-29-14-12-27/h8-9,16,18-20H,1-7,10-15,17H2. The van der Waals surface area contributed by atoms with Crippen LogP contribution < -0.4 is 9.80 Å². The Kier molecular flexibility index (Phi) is 5.84. The SMILES string of the molecule is c1nc(N2CCCC(CC3CCCCC3)C2)c2ccc(N3CCOCC3)cc2n1. The quantitative estimate of drug-likeness (QED) is 0.755. The minimum atomic E-state index is 0.809. The van der Waals surface area contributed by atoms with Crippen LogP contribution in [0.1, 0.15) is 51.4 Å². The summed E-state index contributed by atoms with van der Waals surface area (Å²) < 4.78 is 5.50. The Hall–Kier alpha value is -1.88. The highest BCUT2D eigenvalue weighted by molar-refractivity contribution is 5.91. The maximum absolute atomic E-state index is 5.50. The van der Waals surface area contributed by atoms with Gasteiger partial charge in [0.1, 0.15) is 12.1 Å². The number of nitrogens with zero attached hydrogens (tertiary/aromatic N) is 4. The lowest BCUT2D eigenvalue weighted by Crippen LogP contribution is -2.37. The van der Waals surface area contributed by atoms with Gasteiger partial charge in [-0.1, -0.05) is 32.1 Å². The maximum Gasteiger partial charge on any atom is 0.139 e. The molecule has 0 bridgehead atoms. The van der Waals surface area contributed by atoms with Gasteiger partial charge in [0.05, 0.1) is 18.7 Å². The number of morpholine rings is 1. The third-order valence-electron chi connectivity index (χ3n) is 7.19. The molecule has 5 nitrogen and oxygen atoms in total. The molecule has 5 rings (SSSR count). The van der Waals surface area contributed by atoms with Crippen molar-refractivity contribution in [3.05, 3.63) is 24.5 Å². The van der Waals surface area contributed by atoms with Gasteiger partial charge in [-0.2, -0.15) is 0 Å². The second kappa shape index (κ2) is 8.86. The van der Waals surface area contributed by atoms with Gasteiger partial charge in [-0.05, 0) is 49.3 Å². The van der Waals surface area contributed by atoms with Crippen molar-refractivity contribution in [2.45, 2.75) is 51.4 Å². The Morgan fingerprint density at radius 1 is 0.862 bits per heavy atom. The molecule has 1 aromatic heterocycles. The molecule has 0 spiro atoms. The van der Waals surface area contributed by atoms with E-state index in [2.05, 4.69) is 33.0 Å². The highest BCUT2D eigenvalue weighted by Crippen LogP contribution is 2.35. The number of aromatic nitrogens is 2. The molecule has 2 aromatic rings. The molecule has 1 unspecified atom stereocenters. The molecule has 3 heterocycles. The number of fused-ring (bicyclic) bond motifs is 1. The van der Waals surface area contributed by atoms with E-state index in [0.29, 0.717) is 0 Å². The Labute approximate surface area is 174 Å². The molecule has 0 radical (unpaired) electrons. The second-order valence-corrected chi connectivity index (χ2v) is 9.19. The molecule has 1 saturated carbocycles. The van der Waals surface area contributed by atoms with E-state index in [1.54, 1.807) is 6.33 Å². The van der Waals surface area contributed by atoms with Crippen LogP contribution in [0.2, 0.25) is 0 Å². The third-order valence-corrected chi connectivity index (χ3v) is 7.19. The summed E-state index contributed by atoms with van der Waals surface area (Å²) in [4.78, 5) is 14.3. The average Bonchev–Trinajstić information content (AvgIpc) is 2.80. The molecule has 0 amide bonds. The van der Waals surface area contributed by atoms with Gasteiger partial charge in [0.2, 0.25) is 0 Å². The van der Waals surface area contributed by atoms with Gasteiger partial charge in [-0.15, -0.1) is 0 Å². The predicted octanol–water partition coefficient (Wildman–Crippen LogP) is 4.65. The number of hydrogen-bond donors (Lipinski definition) is 0. The first-order chi connectivity index (χ1) is 14.4. The van der Waals surface area contributed by atoms with Crippen molar-refractivity contribution in [2.24, 2.45) is 11.8 Å². The van der Waals surface area contributed by atoms with E-state index in [-0.39, 0.29) is 0 Å². The maximum atomic E-state index is 5.50. The minimum absolute atomic E-state index is 0.809. The highest BCUT2D eigenvalue weighted by Gasteiger charge is 2.26. The first kappa shape index (κ1) is 19.1. The van der Waals surface area contributed by atoms with Crippen LogP contribution in [0.5, 0.6) is 0 Å². The summed E-state index contributed by atoms with van der Waals surface area (Å²) in [7, 11) is 0. The van der Waals surface area contributed by atoms with Crippen LogP contribution in [0, 0.1) is 11.8 Å². The van der Waals surface area contributed by atoms with Crippen LogP contribution in [-0.2, 0) is 4.74 Å². The smallest absolute Gasteiger partial charge is 0.139 e. The van der Waals surface area contributed by atoms with Crippen LogP contribution in [0.25, 0.3) is 10.9 Å². The van der Waals surface area contributed by atoms with Crippen LogP contribution >= 0.6 is 0 Å². The van der Waals surface area contributed by atoms with E-state index in [1.807, 2.05) is 0 Å². The number of ether oxygens (including phenoxy) is 1. The zero-order valence-electron chi connectivity index (χ0n) is 17.6. The number of piperidine rings is 1. The molecule has 3 aliphatic rings. The van der Waals surface area contributed by atoms with Crippen molar-refractivity contribution >= 4 is 22.4 Å². The van der Waals surface area contributed by atoms with Gasteiger partial charge < -0.3 is 14.5 Å². The average molecular weight is 395 g/mol. The van der Waals surface area contributed by atoms with Crippen LogP contribution in [0.15, 0.2) is 24.5 Å². The normalized spacial score (nSPS) is 24.2. The summed E-state index contributed by atoms with van der Waals surface area (Å²) in [6.07, 6.45) is 13.1. The molecule has 0 N–H and O–H groups in total. The molecule has 1 aromatic carbocycles. The van der Waals surface area contributed by atoms with E-state index in [1.165, 1.54) is 62.4 Å². The molecule has 2 saturated heterocycles. The van der Waals surface area contributed by atoms with Crippen molar-refractivity contribution in [3.63, 3.8) is 0 Å². The number of rotatable bonds is 4. The van der Waals surface area contributed by atoms with Gasteiger partial charge in [0, 0.05) is 37.3 Å². The van der Waals surface area contributed by atoms with Crippen LogP contribution in [0.4, 0.5) is 11.5 Å². The monoisotopic (exact) mass is 394 g/mol. The molecular formula is C24H34N4O. The van der Waals surface area contributed by atoms with E-state index in [4.69, 9.17) is 9.72 Å². The molecule has 1 aliphatic carbocycles. The fourth-order valence-corrected chi connectivity index (χ4v) is 5.65. The van der Waals surface area contributed by atoms with Crippen molar-refractivity contribution in [1.82, 2.24) is 9.97 Å². The Morgan fingerprint density at radius 3 is 2.55 bits per heavy atom. The Balaban J connectivity index is 1.33. The first-order valence-electron chi connectivity index (χ1n) is 11.7. The topological polar surface area (TPSA) is 41.5 Å². The van der Waals surface area contributed by atoms with E-state index in [0.717, 1.165) is 62.6 Å². The molecule has 29 heavy (non-hydrogen) atoms. The Bertz CT molecular complexity index is 814. The molecule has 5 heteroatoms. The summed E-state index contributed by atoms with van der Waals surface area (Å²) in [5.74, 6) is 2.92. The summed E-state index contributed by atoms with van der Waals surface area (Å²) >= 11 is 0. The zero-order chi connectivity index (χ0) is 19.5. The fraction of sp³-hybridized carbons (Fsp3) is 0.667. The molecule has 1 atom stereocenters. The van der Waals surface area contributed by atoms with Crippen molar-refractivity contribution in [3.8, 4) is 0 Å². The van der Waals surface area contributed by atoms with Crippen molar-refractivity contribution < 1.29 is 4.74 Å². The summed E-state index contributed by atoms with van der Waals surface area (Å²) in [6, 6.07) is 6.71. The minimum Gasteiger partial charge on any atom is -0.378 e. The number of hydrogen-bond acceptors (Lipinski definition) is 5. The Morgan fingerprint density at radius 2 is 1.69 bits per heavy atom. The van der Waals surface area contributed by atoms with Crippen molar-refractivity contribution in [2.75, 3.05) is 49.2 Å². The highest BCUT2D eigenvalue weighted by atomic mass is 16.5. The number of anilines is 2. The zero-order valence-corrected chi connectivity index (χ0v) is 17.6. The van der Waals surface area contributed by atoms with Gasteiger partial charge in [0.25, 0.3) is 0 Å². The van der Waals surface area contributed by atoms with E-state index in [9.17, 15) is 0 Å². The van der Waals surface area contributed by atoms with Crippen molar-refractivity contribution in [1.29, 1.82) is 0 Å². The molecule has 2 aliphatic heterocycles. The first-order valence-corrected chi connectivity index (χ1v) is 11.7. The number of benzene rings is 1. The van der Waals surface area contributed by atoms with Crippen LogP contribution in [-0.4, -0.2) is 49.4 Å².